The third-order valence-corrected chi connectivity index (χ3v) is 6.93. The summed E-state index contributed by atoms with van der Waals surface area (Å²) < 4.78 is 28.5. The molecule has 9 nitrogen and oxygen atoms in total. The normalized spacial score (nSPS) is 11.6. The molecule has 0 fully saturated rings. The molecule has 1 N–H and O–H groups in total. The van der Waals surface area contributed by atoms with Gasteiger partial charge in [0, 0.05) is 24.3 Å². The van der Waals surface area contributed by atoms with Gasteiger partial charge in [0.15, 0.2) is 0 Å². The molecule has 1 aromatic heterocycles. The van der Waals surface area contributed by atoms with Crippen LogP contribution in [0.4, 0.5) is 5.69 Å². The molecule has 0 bridgehead atoms. The highest BCUT2D eigenvalue weighted by atomic mass is 32.2. The van der Waals surface area contributed by atoms with Crippen LogP contribution in [-0.2, 0) is 10.0 Å². The van der Waals surface area contributed by atoms with Gasteiger partial charge in [-0.1, -0.05) is 26.0 Å². The number of aromatic nitrogens is 4. The van der Waals surface area contributed by atoms with Gasteiger partial charge in [-0.05, 0) is 59.7 Å². The molecule has 1 amide bonds. The zero-order valence-electron chi connectivity index (χ0n) is 17.3. The van der Waals surface area contributed by atoms with E-state index >= 15 is 0 Å². The molecule has 0 aliphatic rings. The minimum Gasteiger partial charge on any atom is -0.322 e. The summed E-state index contributed by atoms with van der Waals surface area (Å²) in [6.07, 6.45) is 1.46. The van der Waals surface area contributed by atoms with Crippen LogP contribution in [0.15, 0.2) is 47.6 Å². The molecular formula is C20H24N6O3S. The fourth-order valence-corrected chi connectivity index (χ4v) is 4.56. The van der Waals surface area contributed by atoms with Crippen LogP contribution in [-0.4, -0.2) is 51.9 Å². The largest absolute Gasteiger partial charge is 0.322 e. The number of hydrogen-bond acceptors (Lipinski definition) is 6. The number of tetrazole rings is 1. The van der Waals surface area contributed by atoms with Crippen molar-refractivity contribution in [2.45, 2.75) is 32.6 Å². The van der Waals surface area contributed by atoms with Crippen molar-refractivity contribution in [2.75, 3.05) is 18.4 Å². The van der Waals surface area contributed by atoms with E-state index in [4.69, 9.17) is 0 Å². The van der Waals surface area contributed by atoms with Crippen LogP contribution in [0.3, 0.4) is 0 Å². The fourth-order valence-electron chi connectivity index (χ4n) is 3.08. The molecule has 0 radical (unpaired) electrons. The number of benzene rings is 2. The van der Waals surface area contributed by atoms with Crippen LogP contribution in [0.2, 0.25) is 0 Å². The predicted molar refractivity (Wildman–Crippen MR) is 113 cm³/mol. The number of nitrogens with zero attached hydrogens (tertiary/aromatic N) is 5. The number of hydrogen-bond donors (Lipinski definition) is 1. The Kier molecular flexibility index (Phi) is 6.28. The number of anilines is 1. The maximum atomic E-state index is 13.0. The van der Waals surface area contributed by atoms with Crippen LogP contribution >= 0.6 is 0 Å². The summed E-state index contributed by atoms with van der Waals surface area (Å²) in [6.45, 7) is 7.92. The van der Waals surface area contributed by atoms with Gasteiger partial charge in [-0.3, -0.25) is 4.79 Å². The van der Waals surface area contributed by atoms with Crippen LogP contribution in [0, 0.1) is 13.8 Å². The maximum absolute atomic E-state index is 13.0. The SMILES string of the molecule is CCN(CC)S(=O)(=O)c1ccc(C)c(C(=O)Nc2cc(-n3cnnn3)ccc2C)c1. The van der Waals surface area contributed by atoms with Gasteiger partial charge < -0.3 is 5.32 Å². The maximum Gasteiger partial charge on any atom is 0.255 e. The van der Waals surface area contributed by atoms with Crippen molar-refractivity contribution in [1.29, 1.82) is 0 Å². The average molecular weight is 429 g/mol. The molecule has 0 spiro atoms. The van der Waals surface area contributed by atoms with Crippen LogP contribution < -0.4 is 5.32 Å². The number of rotatable bonds is 7. The smallest absolute Gasteiger partial charge is 0.255 e. The first-order valence-corrected chi connectivity index (χ1v) is 11.0. The molecule has 0 atom stereocenters. The molecule has 2 aromatic carbocycles. The van der Waals surface area contributed by atoms with E-state index in [9.17, 15) is 13.2 Å². The number of carbonyl (C=O) groups is 1. The van der Waals surface area contributed by atoms with Gasteiger partial charge in [-0.25, -0.2) is 13.1 Å². The van der Waals surface area contributed by atoms with Gasteiger partial charge in [-0.15, -0.1) is 5.10 Å². The van der Waals surface area contributed by atoms with Gasteiger partial charge in [0.25, 0.3) is 5.91 Å². The Bertz CT molecular complexity index is 1160. The highest BCUT2D eigenvalue weighted by Crippen LogP contribution is 2.23. The summed E-state index contributed by atoms with van der Waals surface area (Å²) in [5.41, 5.74) is 3.11. The average Bonchev–Trinajstić information content (AvgIpc) is 3.25. The Labute approximate surface area is 175 Å². The van der Waals surface area contributed by atoms with Gasteiger partial charge in [0.2, 0.25) is 10.0 Å². The fraction of sp³-hybridized carbons (Fsp3) is 0.300. The summed E-state index contributed by atoms with van der Waals surface area (Å²) in [4.78, 5) is 13.1. The van der Waals surface area contributed by atoms with Crippen LogP contribution in [0.25, 0.3) is 5.69 Å². The molecule has 3 rings (SSSR count). The Hall–Kier alpha value is -3.11. The van der Waals surface area contributed by atoms with E-state index < -0.39 is 10.0 Å². The number of aryl methyl sites for hydroxylation is 2. The zero-order chi connectivity index (χ0) is 21.9. The van der Waals surface area contributed by atoms with Crippen LogP contribution in [0.1, 0.15) is 35.3 Å². The van der Waals surface area contributed by atoms with Gasteiger partial charge in [-0.2, -0.15) is 4.31 Å². The highest BCUT2D eigenvalue weighted by Gasteiger charge is 2.23. The second-order valence-corrected chi connectivity index (χ2v) is 8.71. The second-order valence-electron chi connectivity index (χ2n) is 6.77. The van der Waals surface area contributed by atoms with E-state index in [1.807, 2.05) is 19.1 Å². The summed E-state index contributed by atoms with van der Waals surface area (Å²) in [6, 6.07) is 10.1. The van der Waals surface area contributed by atoms with E-state index in [2.05, 4.69) is 20.8 Å². The Morgan fingerprint density at radius 3 is 2.40 bits per heavy atom. The molecular weight excluding hydrogens is 404 g/mol. The Balaban J connectivity index is 1.94. The summed E-state index contributed by atoms with van der Waals surface area (Å²) >= 11 is 0. The lowest BCUT2D eigenvalue weighted by Crippen LogP contribution is -2.30. The third-order valence-electron chi connectivity index (χ3n) is 4.88. The highest BCUT2D eigenvalue weighted by molar-refractivity contribution is 7.89. The molecule has 1 heterocycles. The first kappa shape index (κ1) is 21.6. The monoisotopic (exact) mass is 428 g/mol. The van der Waals surface area contributed by atoms with E-state index in [1.54, 1.807) is 32.9 Å². The van der Waals surface area contributed by atoms with Gasteiger partial charge in [0.1, 0.15) is 6.33 Å². The molecule has 30 heavy (non-hydrogen) atoms. The Morgan fingerprint density at radius 2 is 1.77 bits per heavy atom. The molecule has 0 unspecified atom stereocenters. The first-order chi connectivity index (χ1) is 14.3. The van der Waals surface area contributed by atoms with Crippen molar-refractivity contribution in [3.63, 3.8) is 0 Å². The number of amides is 1. The zero-order valence-corrected chi connectivity index (χ0v) is 18.1. The van der Waals surface area contributed by atoms with E-state index in [0.29, 0.717) is 35.6 Å². The topological polar surface area (TPSA) is 110 Å². The van der Waals surface area contributed by atoms with E-state index in [0.717, 1.165) is 5.56 Å². The summed E-state index contributed by atoms with van der Waals surface area (Å²) in [7, 11) is -3.66. The van der Waals surface area contributed by atoms with E-state index in [-0.39, 0.29) is 10.8 Å². The van der Waals surface area contributed by atoms with Crippen molar-refractivity contribution < 1.29 is 13.2 Å². The Morgan fingerprint density at radius 1 is 1.07 bits per heavy atom. The van der Waals surface area contributed by atoms with Crippen molar-refractivity contribution in [1.82, 2.24) is 24.5 Å². The minimum atomic E-state index is -3.66. The standard InChI is InChI=1S/C20H24N6O3S/c1-5-25(6-2)30(28,29)17-10-8-14(3)18(12-17)20(27)22-19-11-16(9-7-15(19)4)26-13-21-23-24-26/h7-13H,5-6H2,1-4H3,(H,22,27). The molecule has 3 aromatic rings. The quantitative estimate of drug-likeness (QED) is 0.619. The number of nitrogens with one attached hydrogen (secondary N) is 1. The third kappa shape index (κ3) is 4.24. The van der Waals surface area contributed by atoms with Gasteiger partial charge >= 0.3 is 0 Å². The van der Waals surface area contributed by atoms with Crippen molar-refractivity contribution in [3.8, 4) is 5.69 Å². The first-order valence-electron chi connectivity index (χ1n) is 9.54. The van der Waals surface area contributed by atoms with Crippen molar-refractivity contribution in [3.05, 3.63) is 59.4 Å². The minimum absolute atomic E-state index is 0.0983. The second kappa shape index (κ2) is 8.72. The predicted octanol–water partition coefficient (Wildman–Crippen LogP) is 2.56. The lowest BCUT2D eigenvalue weighted by Gasteiger charge is -2.19. The molecule has 0 aliphatic heterocycles. The van der Waals surface area contributed by atoms with Crippen LogP contribution in [0.5, 0.6) is 0 Å². The van der Waals surface area contributed by atoms with Crippen molar-refractivity contribution in [2.24, 2.45) is 0 Å². The molecule has 0 aliphatic carbocycles. The molecule has 10 heteroatoms. The number of sulfonamides is 1. The lowest BCUT2D eigenvalue weighted by molar-refractivity contribution is 0.102. The van der Waals surface area contributed by atoms with E-state index in [1.165, 1.54) is 27.4 Å². The lowest BCUT2D eigenvalue weighted by atomic mass is 10.1. The summed E-state index contributed by atoms with van der Waals surface area (Å²) in [5.74, 6) is -0.388. The van der Waals surface area contributed by atoms with Crippen molar-refractivity contribution >= 4 is 21.6 Å². The number of carbonyl (C=O) groups excluding carboxylic acids is 1. The summed E-state index contributed by atoms with van der Waals surface area (Å²) in [5, 5.41) is 14.0. The molecule has 158 valence electrons. The molecule has 0 saturated carbocycles. The van der Waals surface area contributed by atoms with Gasteiger partial charge in [0.05, 0.1) is 10.6 Å². The molecule has 0 saturated heterocycles.